The third kappa shape index (κ3) is 4.48. The maximum Gasteiger partial charge on any atom is 0.250 e. The Kier molecular flexibility index (Phi) is 5.65. The second-order valence-electron chi connectivity index (χ2n) is 4.02. The Morgan fingerprint density at radius 2 is 1.94 bits per heavy atom. The molecule has 0 bridgehead atoms. The van der Waals surface area contributed by atoms with Gasteiger partial charge in [0, 0.05) is 16.8 Å². The molecule has 0 aliphatic rings. The Hall–Kier alpha value is -0.870. The van der Waals surface area contributed by atoms with Gasteiger partial charge in [-0.1, -0.05) is 22.9 Å². The number of amides is 1. The molecule has 4 heteroatoms. The zero-order valence-electron chi connectivity index (χ0n) is 10.5. The number of halogens is 1. The molecule has 1 aromatic carbocycles. The summed E-state index contributed by atoms with van der Waals surface area (Å²) in [5.41, 5.74) is 3.03. The van der Waals surface area contributed by atoms with Crippen molar-refractivity contribution in [1.29, 1.82) is 0 Å². The predicted octanol–water partition coefficient (Wildman–Crippen LogP) is 3.43. The Bertz CT molecular complexity index is 381. The molecule has 1 N–H and O–H groups in total. The largest absolute Gasteiger partial charge is 0.372 e. The Labute approximate surface area is 111 Å². The molecule has 94 valence electrons. The number of hydrogen-bond acceptors (Lipinski definition) is 2. The molecule has 0 fully saturated rings. The topological polar surface area (TPSA) is 38.3 Å². The summed E-state index contributed by atoms with van der Waals surface area (Å²) in [4.78, 5) is 11.5. The van der Waals surface area contributed by atoms with Crippen molar-refractivity contribution in [3.05, 3.63) is 27.7 Å². The van der Waals surface area contributed by atoms with Crippen molar-refractivity contribution in [2.24, 2.45) is 0 Å². The minimum atomic E-state index is -0.112. The van der Waals surface area contributed by atoms with Gasteiger partial charge in [0.2, 0.25) is 5.91 Å². The summed E-state index contributed by atoms with van der Waals surface area (Å²) >= 11 is 3.49. The summed E-state index contributed by atoms with van der Waals surface area (Å²) in [7, 11) is 0. The first-order valence-electron chi connectivity index (χ1n) is 5.69. The number of rotatable bonds is 5. The first-order valence-corrected chi connectivity index (χ1v) is 6.48. The molecule has 0 unspecified atom stereocenters. The maximum atomic E-state index is 11.5. The Balaban J connectivity index is 2.60. The molecule has 0 saturated heterocycles. The van der Waals surface area contributed by atoms with E-state index < -0.39 is 0 Å². The second kappa shape index (κ2) is 6.77. The first kappa shape index (κ1) is 14.2. The number of ether oxygens (including phenoxy) is 1. The van der Waals surface area contributed by atoms with Gasteiger partial charge in [-0.25, -0.2) is 0 Å². The first-order chi connectivity index (χ1) is 8.04. The van der Waals surface area contributed by atoms with E-state index in [0.717, 1.165) is 27.7 Å². The van der Waals surface area contributed by atoms with E-state index in [1.165, 1.54) is 0 Å². The molecular weight excluding hydrogens is 282 g/mol. The quantitative estimate of drug-likeness (QED) is 0.846. The minimum Gasteiger partial charge on any atom is -0.372 e. The fourth-order valence-electron chi connectivity index (χ4n) is 1.52. The maximum absolute atomic E-state index is 11.5. The van der Waals surface area contributed by atoms with Crippen molar-refractivity contribution >= 4 is 27.5 Å². The molecule has 1 amide bonds. The number of nitrogens with one attached hydrogen (secondary N) is 1. The number of carbonyl (C=O) groups excluding carboxylic acids is 1. The van der Waals surface area contributed by atoms with Crippen LogP contribution in [0.25, 0.3) is 0 Å². The van der Waals surface area contributed by atoms with E-state index in [4.69, 9.17) is 4.74 Å². The Morgan fingerprint density at radius 3 is 2.47 bits per heavy atom. The average Bonchev–Trinajstić information content (AvgIpc) is 2.26. The van der Waals surface area contributed by atoms with Gasteiger partial charge in [-0.05, 0) is 43.5 Å². The van der Waals surface area contributed by atoms with Gasteiger partial charge in [0.15, 0.2) is 0 Å². The molecular formula is C13H18BrNO2. The van der Waals surface area contributed by atoms with Gasteiger partial charge < -0.3 is 10.1 Å². The van der Waals surface area contributed by atoms with Crippen LogP contribution >= 0.6 is 15.9 Å². The lowest BCUT2D eigenvalue weighted by Crippen LogP contribution is -2.18. The second-order valence-corrected chi connectivity index (χ2v) is 4.82. The van der Waals surface area contributed by atoms with Crippen molar-refractivity contribution in [3.8, 4) is 0 Å². The van der Waals surface area contributed by atoms with E-state index in [9.17, 15) is 4.79 Å². The number of hydrogen-bond donors (Lipinski definition) is 1. The Morgan fingerprint density at radius 1 is 1.35 bits per heavy atom. The van der Waals surface area contributed by atoms with Crippen molar-refractivity contribution in [2.75, 3.05) is 18.5 Å². The van der Waals surface area contributed by atoms with Gasteiger partial charge >= 0.3 is 0 Å². The highest BCUT2D eigenvalue weighted by Crippen LogP contribution is 2.24. The highest BCUT2D eigenvalue weighted by atomic mass is 79.9. The van der Waals surface area contributed by atoms with Crippen LogP contribution in [-0.4, -0.2) is 19.1 Å². The summed E-state index contributed by atoms with van der Waals surface area (Å²) in [6.07, 6.45) is 0.920. The lowest BCUT2D eigenvalue weighted by Gasteiger charge is -2.09. The van der Waals surface area contributed by atoms with Crippen molar-refractivity contribution < 1.29 is 9.53 Å². The predicted molar refractivity (Wildman–Crippen MR) is 73.4 cm³/mol. The van der Waals surface area contributed by atoms with Crippen LogP contribution in [0.1, 0.15) is 24.5 Å². The van der Waals surface area contributed by atoms with Crippen molar-refractivity contribution in [3.63, 3.8) is 0 Å². The fourth-order valence-corrected chi connectivity index (χ4v) is 1.75. The van der Waals surface area contributed by atoms with Gasteiger partial charge in [-0.3, -0.25) is 4.79 Å². The molecule has 0 radical (unpaired) electrons. The number of anilines is 1. The number of benzene rings is 1. The van der Waals surface area contributed by atoms with E-state index >= 15 is 0 Å². The summed E-state index contributed by atoms with van der Waals surface area (Å²) < 4.78 is 6.26. The molecule has 0 aliphatic carbocycles. The standard InChI is InChI=1S/C13H18BrNO2/c1-4-5-17-8-12(16)15-11-6-9(2)13(14)10(3)7-11/h6-7H,4-5,8H2,1-3H3,(H,15,16). The normalized spacial score (nSPS) is 10.4. The van der Waals surface area contributed by atoms with Crippen LogP contribution in [0.2, 0.25) is 0 Å². The highest BCUT2D eigenvalue weighted by molar-refractivity contribution is 9.10. The van der Waals surface area contributed by atoms with E-state index in [1.54, 1.807) is 0 Å². The van der Waals surface area contributed by atoms with Crippen LogP contribution in [0.4, 0.5) is 5.69 Å². The monoisotopic (exact) mass is 299 g/mol. The van der Waals surface area contributed by atoms with Gasteiger partial charge in [0.1, 0.15) is 6.61 Å². The molecule has 0 saturated carbocycles. The van der Waals surface area contributed by atoms with Crippen LogP contribution < -0.4 is 5.32 Å². The minimum absolute atomic E-state index is 0.112. The van der Waals surface area contributed by atoms with Gasteiger partial charge in [-0.2, -0.15) is 0 Å². The van der Waals surface area contributed by atoms with Crippen molar-refractivity contribution in [1.82, 2.24) is 0 Å². The molecule has 1 aromatic rings. The lowest BCUT2D eigenvalue weighted by atomic mass is 10.1. The SMILES string of the molecule is CCCOCC(=O)Nc1cc(C)c(Br)c(C)c1. The fraction of sp³-hybridized carbons (Fsp3) is 0.462. The third-order valence-electron chi connectivity index (χ3n) is 2.30. The summed E-state index contributed by atoms with van der Waals surface area (Å²) in [6, 6.07) is 3.88. The average molecular weight is 300 g/mol. The molecule has 0 heterocycles. The zero-order valence-corrected chi connectivity index (χ0v) is 12.1. The summed E-state index contributed by atoms with van der Waals surface area (Å²) in [5.74, 6) is -0.112. The number of aryl methyl sites for hydroxylation is 2. The van der Waals surface area contributed by atoms with E-state index in [-0.39, 0.29) is 12.5 Å². The number of carbonyl (C=O) groups is 1. The molecule has 17 heavy (non-hydrogen) atoms. The highest BCUT2D eigenvalue weighted by Gasteiger charge is 2.06. The summed E-state index contributed by atoms with van der Waals surface area (Å²) in [6.45, 7) is 6.74. The molecule has 0 aromatic heterocycles. The molecule has 3 nitrogen and oxygen atoms in total. The van der Waals surface area contributed by atoms with Crippen LogP contribution in [-0.2, 0) is 9.53 Å². The van der Waals surface area contributed by atoms with Gasteiger partial charge in [0.05, 0.1) is 0 Å². The molecule has 1 rings (SSSR count). The van der Waals surface area contributed by atoms with E-state index in [0.29, 0.717) is 6.61 Å². The third-order valence-corrected chi connectivity index (χ3v) is 3.55. The molecule has 0 aliphatic heterocycles. The zero-order chi connectivity index (χ0) is 12.8. The van der Waals surface area contributed by atoms with Crippen LogP contribution in [0, 0.1) is 13.8 Å². The van der Waals surface area contributed by atoms with Crippen LogP contribution in [0.5, 0.6) is 0 Å². The van der Waals surface area contributed by atoms with Gasteiger partial charge in [0.25, 0.3) is 0 Å². The van der Waals surface area contributed by atoms with E-state index in [1.807, 2.05) is 32.9 Å². The lowest BCUT2D eigenvalue weighted by molar-refractivity contribution is -0.120. The van der Waals surface area contributed by atoms with E-state index in [2.05, 4.69) is 21.2 Å². The van der Waals surface area contributed by atoms with Crippen molar-refractivity contribution in [2.45, 2.75) is 27.2 Å². The summed E-state index contributed by atoms with van der Waals surface area (Å²) in [5, 5.41) is 2.82. The van der Waals surface area contributed by atoms with Crippen LogP contribution in [0.15, 0.2) is 16.6 Å². The van der Waals surface area contributed by atoms with Gasteiger partial charge in [-0.15, -0.1) is 0 Å². The molecule has 0 spiro atoms. The molecule has 0 atom stereocenters. The van der Waals surface area contributed by atoms with Crippen LogP contribution in [0.3, 0.4) is 0 Å². The smallest absolute Gasteiger partial charge is 0.250 e.